The van der Waals surface area contributed by atoms with Crippen LogP contribution in [0.15, 0.2) is 66.9 Å². The number of benzene rings is 2. The molecule has 0 aromatic heterocycles. The summed E-state index contributed by atoms with van der Waals surface area (Å²) < 4.78 is 16.5. The number of nitrogens with zero attached hydrogens (tertiary/aromatic N) is 2. The molecular formula is C28H33N3O6. The number of nitrogens with one attached hydrogen (secondary N) is 1. The van der Waals surface area contributed by atoms with E-state index < -0.39 is 6.09 Å². The number of carbonyl (C=O) groups is 3. The fourth-order valence-electron chi connectivity index (χ4n) is 4.40. The maximum atomic E-state index is 13.3. The summed E-state index contributed by atoms with van der Waals surface area (Å²) in [7, 11) is 3.07. The minimum Gasteiger partial charge on any atom is -0.493 e. The van der Waals surface area contributed by atoms with Gasteiger partial charge in [-0.05, 0) is 44.1 Å². The smallest absolute Gasteiger partial charge is 0.410 e. The van der Waals surface area contributed by atoms with Crippen LogP contribution in [0.2, 0.25) is 0 Å². The van der Waals surface area contributed by atoms with E-state index in [1.807, 2.05) is 43.3 Å². The van der Waals surface area contributed by atoms with Crippen molar-refractivity contribution >= 4 is 24.1 Å². The summed E-state index contributed by atoms with van der Waals surface area (Å²) in [5.74, 6) is 0.950. The lowest BCUT2D eigenvalue weighted by Crippen LogP contribution is -2.50. The number of urea groups is 1. The molecule has 0 bridgehead atoms. The van der Waals surface area contributed by atoms with Crippen LogP contribution in [-0.4, -0.2) is 50.2 Å². The first kappa shape index (κ1) is 27.3. The number of rotatable bonds is 9. The average Bonchev–Trinajstić information content (AvgIpc) is 2.91. The van der Waals surface area contributed by atoms with Crippen LogP contribution in [0.1, 0.15) is 37.4 Å². The molecule has 0 saturated heterocycles. The first-order valence-electron chi connectivity index (χ1n) is 12.0. The molecule has 9 nitrogen and oxygen atoms in total. The second-order valence-corrected chi connectivity index (χ2v) is 8.38. The van der Waals surface area contributed by atoms with E-state index in [0.717, 1.165) is 11.1 Å². The lowest BCUT2D eigenvalue weighted by Gasteiger charge is -2.43. The number of hydrogen-bond donors (Lipinski definition) is 1. The van der Waals surface area contributed by atoms with Crippen molar-refractivity contribution in [2.75, 3.05) is 25.7 Å². The quantitative estimate of drug-likeness (QED) is 0.292. The molecule has 2 aromatic carbocycles. The number of amides is 3. The van der Waals surface area contributed by atoms with Crippen LogP contribution in [0.5, 0.6) is 11.5 Å². The normalized spacial score (nSPS) is 16.8. The van der Waals surface area contributed by atoms with Crippen molar-refractivity contribution in [3.63, 3.8) is 0 Å². The molecule has 1 aliphatic rings. The van der Waals surface area contributed by atoms with Gasteiger partial charge in [0.15, 0.2) is 11.5 Å². The largest absolute Gasteiger partial charge is 0.493 e. The number of allylic oxidation sites excluding steroid dienone is 3. The highest BCUT2D eigenvalue weighted by Crippen LogP contribution is 2.46. The van der Waals surface area contributed by atoms with Crippen molar-refractivity contribution in [3.05, 3.63) is 78.0 Å². The molecule has 0 saturated carbocycles. The molecule has 3 amide bonds. The highest BCUT2D eigenvalue weighted by atomic mass is 16.6. The lowest BCUT2D eigenvalue weighted by atomic mass is 9.90. The second-order valence-electron chi connectivity index (χ2n) is 8.38. The Kier molecular flexibility index (Phi) is 9.71. The molecule has 1 N–H and O–H groups in total. The fraction of sp³-hybridized carbons (Fsp3) is 0.321. The number of methoxy groups -OCH3 is 2. The van der Waals surface area contributed by atoms with E-state index in [-0.39, 0.29) is 24.7 Å². The Bertz CT molecular complexity index is 1150. The highest BCUT2D eigenvalue weighted by molar-refractivity contribution is 5.95. The van der Waals surface area contributed by atoms with Crippen molar-refractivity contribution in [3.8, 4) is 11.5 Å². The predicted molar refractivity (Wildman–Crippen MR) is 141 cm³/mol. The standard InChI is InChI=1S/C28H33N3O6/c1-5-37-28(34)30(19-21-12-8-6-9-13-21)23-16-20(2)31(27(33)29-14-10-7-11-15-32)24-18-26(36-4)25(35-3)17-22(23)24/h6-15,17-18,20,23H,5,16,19H2,1-4H3,(H,29,33)/b11-7+,14-10+. The molecule has 1 heterocycles. The van der Waals surface area contributed by atoms with Crippen LogP contribution in [0.4, 0.5) is 15.3 Å². The van der Waals surface area contributed by atoms with E-state index in [0.29, 0.717) is 36.4 Å². The molecule has 37 heavy (non-hydrogen) atoms. The van der Waals surface area contributed by atoms with Gasteiger partial charge < -0.3 is 19.5 Å². The van der Waals surface area contributed by atoms with Crippen LogP contribution in [-0.2, 0) is 16.1 Å². The fourth-order valence-corrected chi connectivity index (χ4v) is 4.40. The summed E-state index contributed by atoms with van der Waals surface area (Å²) in [5, 5.41) is 2.74. The molecule has 9 heteroatoms. The van der Waals surface area contributed by atoms with Crippen LogP contribution in [0.3, 0.4) is 0 Å². The molecule has 2 atom stereocenters. The van der Waals surface area contributed by atoms with Crippen LogP contribution >= 0.6 is 0 Å². The summed E-state index contributed by atoms with van der Waals surface area (Å²) in [4.78, 5) is 40.2. The predicted octanol–water partition coefficient (Wildman–Crippen LogP) is 4.98. The zero-order valence-electron chi connectivity index (χ0n) is 21.5. The summed E-state index contributed by atoms with van der Waals surface area (Å²) in [6, 6.07) is 12.2. The Morgan fingerprint density at radius 1 is 1.08 bits per heavy atom. The third-order valence-electron chi connectivity index (χ3n) is 6.05. The first-order chi connectivity index (χ1) is 17.9. The zero-order chi connectivity index (χ0) is 26.8. The Labute approximate surface area is 217 Å². The van der Waals surface area contributed by atoms with Gasteiger partial charge in [-0.2, -0.15) is 0 Å². The monoisotopic (exact) mass is 507 g/mol. The molecule has 0 radical (unpaired) electrons. The number of ether oxygens (including phenoxy) is 3. The number of hydrogen-bond acceptors (Lipinski definition) is 6. The summed E-state index contributed by atoms with van der Waals surface area (Å²) in [6.45, 7) is 4.27. The summed E-state index contributed by atoms with van der Waals surface area (Å²) in [5.41, 5.74) is 2.29. The Morgan fingerprint density at radius 3 is 2.43 bits per heavy atom. The van der Waals surface area contributed by atoms with E-state index in [4.69, 9.17) is 14.2 Å². The summed E-state index contributed by atoms with van der Waals surface area (Å²) in [6.07, 6.45) is 6.54. The molecule has 1 aliphatic heterocycles. The van der Waals surface area contributed by atoms with E-state index in [9.17, 15) is 14.4 Å². The van der Waals surface area contributed by atoms with Crippen molar-refractivity contribution in [1.29, 1.82) is 0 Å². The molecule has 2 unspecified atom stereocenters. The minimum atomic E-state index is -0.438. The molecule has 0 aliphatic carbocycles. The number of fused-ring (bicyclic) bond motifs is 1. The summed E-state index contributed by atoms with van der Waals surface area (Å²) >= 11 is 0. The SMILES string of the molecule is CCOC(=O)N(Cc1ccccc1)C1CC(C)N(C(=O)N/C=C/C=C/C=O)c2cc(OC)c(OC)cc21. The maximum Gasteiger partial charge on any atom is 0.410 e. The number of aldehydes is 1. The number of carbonyl (C=O) groups excluding carboxylic acids is 3. The van der Waals surface area contributed by atoms with Gasteiger partial charge in [-0.3, -0.25) is 14.6 Å². The van der Waals surface area contributed by atoms with E-state index in [2.05, 4.69) is 5.32 Å². The van der Waals surface area contributed by atoms with Crippen molar-refractivity contribution in [2.45, 2.75) is 38.9 Å². The van der Waals surface area contributed by atoms with Gasteiger partial charge in [0.25, 0.3) is 0 Å². The third kappa shape index (κ3) is 6.49. The Hall–Kier alpha value is -4.27. The maximum absolute atomic E-state index is 13.3. The molecular weight excluding hydrogens is 474 g/mol. The van der Waals surface area contributed by atoms with Gasteiger partial charge in [0.2, 0.25) is 0 Å². The molecule has 2 aromatic rings. The Morgan fingerprint density at radius 2 is 1.78 bits per heavy atom. The lowest BCUT2D eigenvalue weighted by molar-refractivity contribution is -0.104. The van der Waals surface area contributed by atoms with Crippen LogP contribution < -0.4 is 19.7 Å². The van der Waals surface area contributed by atoms with Crippen LogP contribution in [0.25, 0.3) is 0 Å². The van der Waals surface area contributed by atoms with Gasteiger partial charge in [-0.15, -0.1) is 0 Å². The highest BCUT2D eigenvalue weighted by Gasteiger charge is 2.39. The number of anilines is 1. The van der Waals surface area contributed by atoms with E-state index >= 15 is 0 Å². The second kappa shape index (κ2) is 13.2. The molecule has 0 fully saturated rings. The first-order valence-corrected chi connectivity index (χ1v) is 12.0. The van der Waals surface area contributed by atoms with E-state index in [1.54, 1.807) is 36.0 Å². The average molecular weight is 508 g/mol. The van der Waals surface area contributed by atoms with Gasteiger partial charge >= 0.3 is 12.1 Å². The molecule has 0 spiro atoms. The Balaban J connectivity index is 2.08. The van der Waals surface area contributed by atoms with Gasteiger partial charge in [0, 0.05) is 30.4 Å². The minimum absolute atomic E-state index is 0.241. The molecule has 196 valence electrons. The van der Waals surface area contributed by atoms with Crippen LogP contribution in [0, 0.1) is 0 Å². The van der Waals surface area contributed by atoms with Gasteiger partial charge in [0.1, 0.15) is 6.29 Å². The van der Waals surface area contributed by atoms with Gasteiger partial charge in [0.05, 0.1) is 32.6 Å². The third-order valence-corrected chi connectivity index (χ3v) is 6.05. The van der Waals surface area contributed by atoms with Crippen molar-refractivity contribution in [2.24, 2.45) is 0 Å². The zero-order valence-corrected chi connectivity index (χ0v) is 21.5. The molecule has 3 rings (SSSR count). The van der Waals surface area contributed by atoms with Crippen molar-refractivity contribution in [1.82, 2.24) is 10.2 Å². The van der Waals surface area contributed by atoms with Gasteiger partial charge in [-0.25, -0.2) is 9.59 Å². The topological polar surface area (TPSA) is 97.4 Å². The van der Waals surface area contributed by atoms with Gasteiger partial charge in [-0.1, -0.05) is 36.4 Å². The van der Waals surface area contributed by atoms with E-state index in [1.165, 1.54) is 25.5 Å². The van der Waals surface area contributed by atoms with Crippen molar-refractivity contribution < 1.29 is 28.6 Å².